The van der Waals surface area contributed by atoms with Crippen LogP contribution in [-0.2, 0) is 14.9 Å². The SMILES string of the molecule is COc1cc(C2(C(=O)O)CC2(F)F)ccc1NC(=O)OC(C)(C)C. The Bertz CT molecular complexity index is 684. The number of carboxylic acids is 1. The van der Waals surface area contributed by atoms with Crippen LogP contribution in [0, 0.1) is 0 Å². The van der Waals surface area contributed by atoms with E-state index in [9.17, 15) is 23.5 Å². The predicted octanol–water partition coefficient (Wildman–Crippen LogP) is 3.40. The van der Waals surface area contributed by atoms with Crippen molar-refractivity contribution in [2.45, 2.75) is 44.1 Å². The topological polar surface area (TPSA) is 84.9 Å². The van der Waals surface area contributed by atoms with Crippen molar-refractivity contribution in [2.75, 3.05) is 12.4 Å². The molecule has 24 heavy (non-hydrogen) atoms. The molecule has 0 aromatic heterocycles. The Kier molecular flexibility index (Phi) is 4.20. The number of nitrogens with one attached hydrogen (secondary N) is 1. The quantitative estimate of drug-likeness (QED) is 0.875. The van der Waals surface area contributed by atoms with E-state index in [1.807, 2.05) is 0 Å². The van der Waals surface area contributed by atoms with E-state index in [2.05, 4.69) is 5.32 Å². The maximum absolute atomic E-state index is 13.6. The lowest BCUT2D eigenvalue weighted by atomic mass is 9.94. The molecule has 2 rings (SSSR count). The van der Waals surface area contributed by atoms with Gasteiger partial charge < -0.3 is 14.6 Å². The second kappa shape index (κ2) is 5.61. The number of carbonyl (C=O) groups is 2. The largest absolute Gasteiger partial charge is 0.495 e. The van der Waals surface area contributed by atoms with Crippen LogP contribution in [0.25, 0.3) is 0 Å². The molecule has 8 heteroatoms. The van der Waals surface area contributed by atoms with Gasteiger partial charge in [0.1, 0.15) is 11.4 Å². The molecule has 132 valence electrons. The molecule has 1 aliphatic carbocycles. The fourth-order valence-corrected chi connectivity index (χ4v) is 2.43. The molecular formula is C16H19F2NO5. The lowest BCUT2D eigenvalue weighted by molar-refractivity contribution is -0.142. The summed E-state index contributed by atoms with van der Waals surface area (Å²) in [4.78, 5) is 23.1. The second-order valence-corrected chi connectivity index (χ2v) is 6.63. The number of carboxylic acid groups (broad SMARTS) is 1. The lowest BCUT2D eigenvalue weighted by Crippen LogP contribution is -2.28. The van der Waals surface area contributed by atoms with Gasteiger partial charge in [0.05, 0.1) is 12.8 Å². The number of hydrogen-bond acceptors (Lipinski definition) is 4. The van der Waals surface area contributed by atoms with Crippen LogP contribution in [0.2, 0.25) is 0 Å². The zero-order valence-corrected chi connectivity index (χ0v) is 13.8. The van der Waals surface area contributed by atoms with Crippen molar-refractivity contribution in [1.82, 2.24) is 0 Å². The van der Waals surface area contributed by atoms with Crippen molar-refractivity contribution >= 4 is 17.7 Å². The molecule has 0 radical (unpaired) electrons. The number of ether oxygens (including phenoxy) is 2. The van der Waals surface area contributed by atoms with Gasteiger partial charge in [-0.2, -0.15) is 0 Å². The number of rotatable bonds is 4. The van der Waals surface area contributed by atoms with Gasteiger partial charge in [0.2, 0.25) is 0 Å². The van der Waals surface area contributed by atoms with E-state index in [-0.39, 0.29) is 17.0 Å². The minimum absolute atomic E-state index is 0.0710. The van der Waals surface area contributed by atoms with Crippen LogP contribution in [-0.4, -0.2) is 35.8 Å². The smallest absolute Gasteiger partial charge is 0.412 e. The van der Waals surface area contributed by atoms with Gasteiger partial charge in [-0.15, -0.1) is 0 Å². The third kappa shape index (κ3) is 3.13. The number of hydrogen-bond donors (Lipinski definition) is 2. The number of benzene rings is 1. The molecule has 1 aromatic rings. The van der Waals surface area contributed by atoms with Crippen LogP contribution in [0.5, 0.6) is 5.75 Å². The van der Waals surface area contributed by atoms with Gasteiger partial charge in [-0.05, 0) is 38.5 Å². The van der Waals surface area contributed by atoms with Gasteiger partial charge in [0.15, 0.2) is 5.41 Å². The molecule has 1 unspecified atom stereocenters. The Labute approximate surface area is 137 Å². The first-order valence-corrected chi connectivity index (χ1v) is 7.23. The number of anilines is 1. The normalized spacial score (nSPS) is 21.8. The highest BCUT2D eigenvalue weighted by atomic mass is 19.3. The lowest BCUT2D eigenvalue weighted by Gasteiger charge is -2.21. The van der Waals surface area contributed by atoms with Gasteiger partial charge in [0, 0.05) is 6.42 Å². The van der Waals surface area contributed by atoms with Gasteiger partial charge >= 0.3 is 12.1 Å². The first-order valence-electron chi connectivity index (χ1n) is 7.23. The Hall–Kier alpha value is -2.38. The predicted molar refractivity (Wildman–Crippen MR) is 81.7 cm³/mol. The third-order valence-electron chi connectivity index (χ3n) is 3.68. The second-order valence-electron chi connectivity index (χ2n) is 6.63. The van der Waals surface area contributed by atoms with Crippen molar-refractivity contribution in [3.63, 3.8) is 0 Å². The maximum Gasteiger partial charge on any atom is 0.412 e. The number of carbonyl (C=O) groups excluding carboxylic acids is 1. The number of amides is 1. The molecule has 1 aliphatic rings. The van der Waals surface area contributed by atoms with E-state index in [4.69, 9.17) is 9.47 Å². The summed E-state index contributed by atoms with van der Waals surface area (Å²) in [7, 11) is 1.29. The van der Waals surface area contributed by atoms with Crippen LogP contribution in [0.1, 0.15) is 32.8 Å². The highest BCUT2D eigenvalue weighted by Gasteiger charge is 2.77. The molecule has 1 fully saturated rings. The summed E-state index contributed by atoms with van der Waals surface area (Å²) >= 11 is 0. The summed E-state index contributed by atoms with van der Waals surface area (Å²) in [5.74, 6) is -4.84. The van der Waals surface area contributed by atoms with E-state index in [1.165, 1.54) is 25.3 Å². The van der Waals surface area contributed by atoms with Crippen molar-refractivity contribution in [1.29, 1.82) is 0 Å². The van der Waals surface area contributed by atoms with Crippen LogP contribution in [0.3, 0.4) is 0 Å². The van der Waals surface area contributed by atoms with Crippen molar-refractivity contribution in [3.05, 3.63) is 23.8 Å². The molecule has 1 amide bonds. The highest BCUT2D eigenvalue weighted by molar-refractivity contribution is 5.90. The first kappa shape index (κ1) is 18.0. The molecule has 1 aromatic carbocycles. The molecular weight excluding hydrogens is 324 g/mol. The number of halogens is 2. The first-order chi connectivity index (χ1) is 10.9. The van der Waals surface area contributed by atoms with Crippen LogP contribution >= 0.6 is 0 Å². The molecule has 0 aliphatic heterocycles. The Morgan fingerprint density at radius 2 is 1.88 bits per heavy atom. The van der Waals surface area contributed by atoms with Gasteiger partial charge in [-0.3, -0.25) is 10.1 Å². The Morgan fingerprint density at radius 1 is 1.29 bits per heavy atom. The van der Waals surface area contributed by atoms with E-state index < -0.39 is 35.4 Å². The molecule has 1 saturated carbocycles. The molecule has 2 N–H and O–H groups in total. The molecule has 0 bridgehead atoms. The summed E-state index contributed by atoms with van der Waals surface area (Å²) in [5, 5.41) is 11.6. The summed E-state index contributed by atoms with van der Waals surface area (Å²) in [6, 6.07) is 3.75. The van der Waals surface area contributed by atoms with Gasteiger partial charge in [-0.1, -0.05) is 6.07 Å². The van der Waals surface area contributed by atoms with Gasteiger partial charge in [0.25, 0.3) is 5.92 Å². The van der Waals surface area contributed by atoms with Gasteiger partial charge in [-0.25, -0.2) is 13.6 Å². The number of methoxy groups -OCH3 is 1. The van der Waals surface area contributed by atoms with Crippen LogP contribution in [0.15, 0.2) is 18.2 Å². The fraction of sp³-hybridized carbons (Fsp3) is 0.500. The zero-order valence-electron chi connectivity index (χ0n) is 13.8. The summed E-state index contributed by atoms with van der Waals surface area (Å²) in [6.07, 6.45) is -1.50. The van der Waals surface area contributed by atoms with E-state index >= 15 is 0 Å². The third-order valence-corrected chi connectivity index (χ3v) is 3.68. The highest BCUT2D eigenvalue weighted by Crippen LogP contribution is 2.62. The molecule has 0 spiro atoms. The summed E-state index contributed by atoms with van der Waals surface area (Å²) in [6.45, 7) is 5.08. The maximum atomic E-state index is 13.6. The standard InChI is InChI=1S/C16H19F2NO5/c1-14(2,3)24-13(22)19-10-6-5-9(7-11(10)23-4)15(12(20)21)8-16(15,17)18/h5-7H,8H2,1-4H3,(H,19,22)(H,20,21). The Balaban J connectivity index is 2.29. The average Bonchev–Trinajstić information content (AvgIpc) is 3.01. The fourth-order valence-electron chi connectivity index (χ4n) is 2.43. The van der Waals surface area contributed by atoms with E-state index in [1.54, 1.807) is 20.8 Å². The minimum Gasteiger partial charge on any atom is -0.495 e. The van der Waals surface area contributed by atoms with Crippen LogP contribution < -0.4 is 10.1 Å². The van der Waals surface area contributed by atoms with E-state index in [0.29, 0.717) is 0 Å². The Morgan fingerprint density at radius 3 is 2.29 bits per heavy atom. The summed E-state index contributed by atoms with van der Waals surface area (Å²) < 4.78 is 37.4. The average molecular weight is 343 g/mol. The molecule has 1 atom stereocenters. The molecule has 0 saturated heterocycles. The van der Waals surface area contributed by atoms with Crippen molar-refractivity contribution in [3.8, 4) is 5.75 Å². The number of alkyl halides is 2. The summed E-state index contributed by atoms with van der Waals surface area (Å²) in [5.41, 5.74) is -2.84. The molecule has 6 nitrogen and oxygen atoms in total. The molecule has 0 heterocycles. The van der Waals surface area contributed by atoms with E-state index in [0.717, 1.165) is 0 Å². The van der Waals surface area contributed by atoms with Crippen LogP contribution in [0.4, 0.5) is 19.3 Å². The van der Waals surface area contributed by atoms with Crippen molar-refractivity contribution < 1.29 is 33.0 Å². The monoisotopic (exact) mass is 343 g/mol. The minimum atomic E-state index is -3.32. The van der Waals surface area contributed by atoms with Crippen molar-refractivity contribution in [2.24, 2.45) is 0 Å². The zero-order chi connectivity index (χ0) is 18.3. The number of aliphatic carboxylic acids is 1.